The fourth-order valence-electron chi connectivity index (χ4n) is 3.41. The lowest BCUT2D eigenvalue weighted by Gasteiger charge is -2.22. The molecule has 1 amide bonds. The number of hydrogen-bond donors (Lipinski definition) is 2. The lowest BCUT2D eigenvalue weighted by Crippen LogP contribution is -2.42. The van der Waals surface area contributed by atoms with Gasteiger partial charge in [-0.15, -0.1) is 0 Å². The molecule has 0 aromatic heterocycles. The molecule has 3 unspecified atom stereocenters. The molecule has 2 rings (SSSR count). The van der Waals surface area contributed by atoms with Gasteiger partial charge in [0.25, 0.3) is 0 Å². The quantitative estimate of drug-likeness (QED) is 0.660. The van der Waals surface area contributed by atoms with Crippen molar-refractivity contribution in [1.82, 2.24) is 10.2 Å². The topological polar surface area (TPSA) is 88.1 Å². The molecule has 27 heavy (non-hydrogen) atoms. The van der Waals surface area contributed by atoms with E-state index in [4.69, 9.17) is 32.7 Å². The van der Waals surface area contributed by atoms with Gasteiger partial charge in [0.15, 0.2) is 0 Å². The summed E-state index contributed by atoms with van der Waals surface area (Å²) in [5, 5.41) is 13.5. The summed E-state index contributed by atoms with van der Waals surface area (Å²) in [6.07, 6.45) is -0.426. The minimum atomic E-state index is -0.998. The van der Waals surface area contributed by atoms with Gasteiger partial charge in [0, 0.05) is 37.2 Å². The molecule has 1 aromatic rings. The molecule has 0 bridgehead atoms. The normalized spacial score (nSPS) is 20.4. The number of amides is 1. The number of carbonyl (C=O) groups excluding carboxylic acids is 1. The van der Waals surface area contributed by atoms with Gasteiger partial charge in [-0.25, -0.2) is 4.79 Å². The van der Waals surface area contributed by atoms with Crippen molar-refractivity contribution < 1.29 is 24.2 Å². The number of likely N-dealkylation sites (tertiary alicyclic amines) is 1. The number of ether oxygens (including phenoxy) is 2. The van der Waals surface area contributed by atoms with E-state index in [9.17, 15) is 14.7 Å². The van der Waals surface area contributed by atoms with Crippen molar-refractivity contribution in [3.63, 3.8) is 0 Å². The maximum absolute atomic E-state index is 11.7. The van der Waals surface area contributed by atoms with E-state index in [0.717, 1.165) is 5.56 Å². The minimum absolute atomic E-state index is 0.132. The third-order valence-electron chi connectivity index (χ3n) is 4.81. The highest BCUT2D eigenvalue weighted by molar-refractivity contribution is 6.42. The number of methoxy groups -OCH3 is 2. The maximum Gasteiger partial charge on any atom is 0.407 e. The van der Waals surface area contributed by atoms with E-state index in [1.807, 2.05) is 0 Å². The highest BCUT2D eigenvalue weighted by Gasteiger charge is 2.38. The molecule has 1 aliphatic rings. The number of halogens is 2. The maximum atomic E-state index is 11.7. The first-order valence-corrected chi connectivity index (χ1v) is 9.35. The molecule has 2 N–H and O–H groups in total. The monoisotopic (exact) mass is 418 g/mol. The number of esters is 1. The molecule has 1 aliphatic heterocycles. The van der Waals surface area contributed by atoms with Crippen LogP contribution in [0, 0.1) is 5.92 Å². The zero-order chi connectivity index (χ0) is 20.1. The summed E-state index contributed by atoms with van der Waals surface area (Å²) in [7, 11) is 2.88. The largest absolute Gasteiger partial charge is 0.496 e. The van der Waals surface area contributed by atoms with Gasteiger partial charge >= 0.3 is 12.1 Å². The van der Waals surface area contributed by atoms with E-state index >= 15 is 0 Å². The summed E-state index contributed by atoms with van der Waals surface area (Å²) in [4.78, 5) is 24.5. The molecule has 0 spiro atoms. The van der Waals surface area contributed by atoms with Crippen LogP contribution in [-0.4, -0.2) is 62.0 Å². The Morgan fingerprint density at radius 1 is 1.37 bits per heavy atom. The molecule has 0 saturated carbocycles. The van der Waals surface area contributed by atoms with E-state index in [1.54, 1.807) is 26.2 Å². The molecule has 0 radical (unpaired) electrons. The molecule has 7 nitrogen and oxygen atoms in total. The van der Waals surface area contributed by atoms with Crippen molar-refractivity contribution in [1.29, 1.82) is 0 Å². The molecule has 3 atom stereocenters. The van der Waals surface area contributed by atoms with Crippen LogP contribution in [0.2, 0.25) is 10.0 Å². The lowest BCUT2D eigenvalue weighted by molar-refractivity contribution is -0.144. The second kappa shape index (κ2) is 9.48. The van der Waals surface area contributed by atoms with Crippen LogP contribution in [0.15, 0.2) is 12.1 Å². The van der Waals surface area contributed by atoms with E-state index in [-0.39, 0.29) is 23.8 Å². The Bertz CT molecular complexity index is 701. The van der Waals surface area contributed by atoms with Crippen molar-refractivity contribution in [2.24, 2.45) is 5.92 Å². The Morgan fingerprint density at radius 3 is 2.67 bits per heavy atom. The van der Waals surface area contributed by atoms with Crippen LogP contribution >= 0.6 is 23.2 Å². The van der Waals surface area contributed by atoms with Crippen molar-refractivity contribution in [3.05, 3.63) is 27.7 Å². The first-order valence-electron chi connectivity index (χ1n) is 8.60. The van der Waals surface area contributed by atoms with Crippen LogP contribution in [0.3, 0.4) is 0 Å². The molecule has 1 aromatic carbocycles. The fraction of sp³-hybridized carbons (Fsp3) is 0.556. The fourth-order valence-corrected chi connectivity index (χ4v) is 3.89. The molecule has 9 heteroatoms. The second-order valence-electron chi connectivity index (χ2n) is 6.58. The Labute approximate surface area is 168 Å². The highest BCUT2D eigenvalue weighted by Crippen LogP contribution is 2.43. The van der Waals surface area contributed by atoms with E-state index in [2.05, 4.69) is 5.32 Å². The molecule has 1 heterocycles. The zero-order valence-corrected chi connectivity index (χ0v) is 17.0. The predicted octanol–water partition coefficient (Wildman–Crippen LogP) is 3.24. The summed E-state index contributed by atoms with van der Waals surface area (Å²) < 4.78 is 10.1. The minimum Gasteiger partial charge on any atom is -0.496 e. The number of hydrogen-bond acceptors (Lipinski definition) is 5. The number of carbonyl (C=O) groups is 2. The van der Waals surface area contributed by atoms with Crippen LogP contribution in [0.1, 0.15) is 24.8 Å². The highest BCUT2D eigenvalue weighted by atomic mass is 35.5. The lowest BCUT2D eigenvalue weighted by atomic mass is 9.95. The Morgan fingerprint density at radius 2 is 2.07 bits per heavy atom. The van der Waals surface area contributed by atoms with Gasteiger partial charge in [0.2, 0.25) is 0 Å². The molecule has 1 fully saturated rings. The first kappa shape index (κ1) is 21.6. The van der Waals surface area contributed by atoms with Gasteiger partial charge < -0.3 is 24.8 Å². The smallest absolute Gasteiger partial charge is 0.407 e. The molecular formula is C18H24Cl2N2O5. The third kappa shape index (κ3) is 4.97. The van der Waals surface area contributed by atoms with E-state index in [1.165, 1.54) is 12.0 Å². The SMILES string of the molecule is COC(=O)C(C)CNCC1CC(c2c(OC)ccc(Cl)c2Cl)CN1C(=O)O. The van der Waals surface area contributed by atoms with Gasteiger partial charge in [-0.3, -0.25) is 4.79 Å². The average molecular weight is 419 g/mol. The molecular weight excluding hydrogens is 395 g/mol. The van der Waals surface area contributed by atoms with Crippen LogP contribution in [0.25, 0.3) is 0 Å². The Balaban J connectivity index is 2.12. The Hall–Kier alpha value is -1.70. The van der Waals surface area contributed by atoms with Crippen molar-refractivity contribution >= 4 is 35.3 Å². The first-order chi connectivity index (χ1) is 12.8. The number of nitrogens with one attached hydrogen (secondary N) is 1. The zero-order valence-electron chi connectivity index (χ0n) is 15.5. The summed E-state index contributed by atoms with van der Waals surface area (Å²) in [6.45, 7) is 2.87. The number of benzene rings is 1. The summed E-state index contributed by atoms with van der Waals surface area (Å²) in [5.41, 5.74) is 0.725. The molecule has 150 valence electrons. The van der Waals surface area contributed by atoms with Crippen molar-refractivity contribution in [3.8, 4) is 5.75 Å². The molecule has 1 saturated heterocycles. The summed E-state index contributed by atoms with van der Waals surface area (Å²) in [6, 6.07) is 3.14. The number of rotatable bonds is 7. The second-order valence-corrected chi connectivity index (χ2v) is 7.37. The van der Waals surface area contributed by atoms with E-state index < -0.39 is 6.09 Å². The van der Waals surface area contributed by atoms with Crippen LogP contribution in [0.4, 0.5) is 4.79 Å². The van der Waals surface area contributed by atoms with Gasteiger partial charge in [0.05, 0.1) is 30.2 Å². The van der Waals surface area contributed by atoms with Gasteiger partial charge in [-0.2, -0.15) is 0 Å². The van der Waals surface area contributed by atoms with Crippen LogP contribution in [0.5, 0.6) is 5.75 Å². The Kier molecular flexibility index (Phi) is 7.59. The van der Waals surface area contributed by atoms with Gasteiger partial charge in [-0.05, 0) is 18.6 Å². The van der Waals surface area contributed by atoms with Gasteiger partial charge in [-0.1, -0.05) is 30.1 Å². The molecule has 0 aliphatic carbocycles. The summed E-state index contributed by atoms with van der Waals surface area (Å²) >= 11 is 12.5. The van der Waals surface area contributed by atoms with Crippen molar-refractivity contribution in [2.75, 3.05) is 33.9 Å². The van der Waals surface area contributed by atoms with Crippen molar-refractivity contribution in [2.45, 2.75) is 25.3 Å². The standard InChI is InChI=1S/C18H24Cl2N2O5/c1-10(17(23)27-3)7-21-8-12-6-11(9-22(12)18(24)25)15-14(26-2)5-4-13(19)16(15)20/h4-5,10-12,21H,6-9H2,1-3H3,(H,24,25). The third-order valence-corrected chi connectivity index (χ3v) is 5.63. The summed E-state index contributed by atoms with van der Waals surface area (Å²) in [5.74, 6) is -0.162. The van der Waals surface area contributed by atoms with Gasteiger partial charge in [0.1, 0.15) is 5.75 Å². The number of nitrogens with zero attached hydrogens (tertiary/aromatic N) is 1. The van der Waals surface area contributed by atoms with Crippen LogP contribution < -0.4 is 10.1 Å². The van der Waals surface area contributed by atoms with E-state index in [0.29, 0.717) is 41.8 Å². The predicted molar refractivity (Wildman–Crippen MR) is 103 cm³/mol. The van der Waals surface area contributed by atoms with Crippen LogP contribution in [-0.2, 0) is 9.53 Å². The number of carboxylic acid groups (broad SMARTS) is 1. The average Bonchev–Trinajstić information content (AvgIpc) is 3.06.